The molecular weight excluding hydrogens is 338 g/mol. The summed E-state index contributed by atoms with van der Waals surface area (Å²) in [7, 11) is 0. The summed E-state index contributed by atoms with van der Waals surface area (Å²) in [6, 6.07) is 13.6. The first-order chi connectivity index (χ1) is 11.1. The number of halogens is 1. The molecule has 0 aliphatic carbocycles. The van der Waals surface area contributed by atoms with Crippen LogP contribution < -0.4 is 0 Å². The standard InChI is InChI=1S/C15H10ClN3O3S/c16-12-5-2-4-11(8-12)14-17-18-15(22-14)23-9-10-3-1-6-13(7-10)19(20)21/h1-8H,9H2. The second-order valence-corrected chi connectivity index (χ2v) is 5.96. The van der Waals surface area contributed by atoms with E-state index in [1.54, 1.807) is 24.3 Å². The van der Waals surface area contributed by atoms with Gasteiger partial charge in [-0.1, -0.05) is 41.6 Å². The van der Waals surface area contributed by atoms with E-state index in [1.165, 1.54) is 23.9 Å². The lowest BCUT2D eigenvalue weighted by Gasteiger charge is -1.98. The maximum absolute atomic E-state index is 10.8. The molecule has 0 fully saturated rings. The lowest BCUT2D eigenvalue weighted by molar-refractivity contribution is -0.384. The fraction of sp³-hybridized carbons (Fsp3) is 0.0667. The zero-order valence-corrected chi connectivity index (χ0v) is 13.3. The number of aromatic nitrogens is 2. The summed E-state index contributed by atoms with van der Waals surface area (Å²) in [6.07, 6.45) is 0. The molecule has 0 aliphatic rings. The van der Waals surface area contributed by atoms with Crippen LogP contribution in [-0.2, 0) is 5.75 Å². The van der Waals surface area contributed by atoms with Gasteiger partial charge in [-0.05, 0) is 23.8 Å². The Balaban J connectivity index is 1.70. The highest BCUT2D eigenvalue weighted by atomic mass is 35.5. The smallest absolute Gasteiger partial charge is 0.277 e. The van der Waals surface area contributed by atoms with E-state index < -0.39 is 4.92 Å². The van der Waals surface area contributed by atoms with Crippen LogP contribution in [0.2, 0.25) is 5.02 Å². The van der Waals surface area contributed by atoms with Crippen LogP contribution in [0.3, 0.4) is 0 Å². The maximum Gasteiger partial charge on any atom is 0.277 e. The largest absolute Gasteiger partial charge is 0.411 e. The van der Waals surface area contributed by atoms with Crippen LogP contribution in [0.25, 0.3) is 11.5 Å². The van der Waals surface area contributed by atoms with E-state index in [2.05, 4.69) is 10.2 Å². The van der Waals surface area contributed by atoms with Crippen molar-refractivity contribution in [2.24, 2.45) is 0 Å². The third-order valence-electron chi connectivity index (χ3n) is 2.96. The molecule has 0 saturated carbocycles. The van der Waals surface area contributed by atoms with Gasteiger partial charge in [0.05, 0.1) is 4.92 Å². The molecule has 3 aromatic rings. The van der Waals surface area contributed by atoms with Gasteiger partial charge in [0.2, 0.25) is 5.89 Å². The van der Waals surface area contributed by atoms with Gasteiger partial charge in [0, 0.05) is 28.5 Å². The molecular formula is C15H10ClN3O3S. The number of non-ortho nitro benzene ring substituents is 1. The molecule has 0 atom stereocenters. The third kappa shape index (κ3) is 3.88. The SMILES string of the molecule is O=[N+]([O-])c1cccc(CSc2nnc(-c3cccc(Cl)c3)o2)c1. The third-order valence-corrected chi connectivity index (χ3v) is 4.09. The summed E-state index contributed by atoms with van der Waals surface area (Å²) >= 11 is 7.25. The van der Waals surface area contributed by atoms with Crippen LogP contribution in [-0.4, -0.2) is 15.1 Å². The molecule has 23 heavy (non-hydrogen) atoms. The Hall–Kier alpha value is -2.38. The highest BCUT2D eigenvalue weighted by Gasteiger charge is 2.11. The number of nitro groups is 1. The molecule has 6 nitrogen and oxygen atoms in total. The van der Waals surface area contributed by atoms with Crippen LogP contribution in [0.1, 0.15) is 5.56 Å². The van der Waals surface area contributed by atoms with Crippen LogP contribution in [0.4, 0.5) is 5.69 Å². The van der Waals surface area contributed by atoms with Crippen molar-refractivity contribution < 1.29 is 9.34 Å². The Morgan fingerprint density at radius 3 is 2.78 bits per heavy atom. The fourth-order valence-electron chi connectivity index (χ4n) is 1.91. The van der Waals surface area contributed by atoms with E-state index in [4.69, 9.17) is 16.0 Å². The van der Waals surface area contributed by atoms with Crippen LogP contribution in [0, 0.1) is 10.1 Å². The summed E-state index contributed by atoms with van der Waals surface area (Å²) in [5, 5.41) is 19.7. The lowest BCUT2D eigenvalue weighted by atomic mass is 10.2. The number of hydrogen-bond donors (Lipinski definition) is 0. The number of hydrogen-bond acceptors (Lipinski definition) is 6. The zero-order valence-electron chi connectivity index (χ0n) is 11.7. The fourth-order valence-corrected chi connectivity index (χ4v) is 2.81. The molecule has 2 aromatic carbocycles. The highest BCUT2D eigenvalue weighted by Crippen LogP contribution is 2.27. The predicted octanol–water partition coefficient (Wildman–Crippen LogP) is 4.59. The van der Waals surface area contributed by atoms with Crippen molar-refractivity contribution in [1.82, 2.24) is 10.2 Å². The Kier molecular flexibility index (Phi) is 4.59. The number of nitro benzene ring substituents is 1. The van der Waals surface area contributed by atoms with Gasteiger partial charge >= 0.3 is 0 Å². The van der Waals surface area contributed by atoms with Crippen LogP contribution in [0.5, 0.6) is 0 Å². The molecule has 0 unspecified atom stereocenters. The Bertz CT molecular complexity index is 853. The van der Waals surface area contributed by atoms with Crippen molar-refractivity contribution in [3.05, 3.63) is 69.2 Å². The summed E-state index contributed by atoms with van der Waals surface area (Å²) < 4.78 is 5.57. The Morgan fingerprint density at radius 1 is 1.17 bits per heavy atom. The zero-order chi connectivity index (χ0) is 16.2. The first kappa shape index (κ1) is 15.5. The van der Waals surface area contributed by atoms with E-state index in [0.717, 1.165) is 11.1 Å². The predicted molar refractivity (Wildman–Crippen MR) is 87.4 cm³/mol. The van der Waals surface area contributed by atoms with Gasteiger partial charge in [-0.15, -0.1) is 10.2 Å². The molecule has 0 aliphatic heterocycles. The van der Waals surface area contributed by atoms with Crippen molar-refractivity contribution in [2.75, 3.05) is 0 Å². The van der Waals surface area contributed by atoms with E-state index in [-0.39, 0.29) is 5.69 Å². The molecule has 8 heteroatoms. The highest BCUT2D eigenvalue weighted by molar-refractivity contribution is 7.98. The molecule has 0 spiro atoms. The quantitative estimate of drug-likeness (QED) is 0.381. The Labute approximate surface area is 140 Å². The summed E-state index contributed by atoms with van der Waals surface area (Å²) in [5.41, 5.74) is 1.62. The lowest BCUT2D eigenvalue weighted by Crippen LogP contribution is -1.89. The molecule has 3 rings (SSSR count). The molecule has 0 N–H and O–H groups in total. The molecule has 1 heterocycles. The first-order valence-corrected chi connectivity index (χ1v) is 7.94. The van der Waals surface area contributed by atoms with Crippen molar-refractivity contribution in [2.45, 2.75) is 11.0 Å². The minimum atomic E-state index is -0.419. The van der Waals surface area contributed by atoms with E-state index in [0.29, 0.717) is 21.9 Å². The molecule has 0 saturated heterocycles. The van der Waals surface area contributed by atoms with E-state index in [9.17, 15) is 10.1 Å². The Morgan fingerprint density at radius 2 is 2.00 bits per heavy atom. The average molecular weight is 348 g/mol. The first-order valence-electron chi connectivity index (χ1n) is 6.57. The van der Waals surface area contributed by atoms with Crippen molar-refractivity contribution in [1.29, 1.82) is 0 Å². The summed E-state index contributed by atoms with van der Waals surface area (Å²) in [4.78, 5) is 10.3. The van der Waals surface area contributed by atoms with Gasteiger partial charge in [0.1, 0.15) is 0 Å². The van der Waals surface area contributed by atoms with E-state index in [1.807, 2.05) is 12.1 Å². The number of rotatable bonds is 5. The molecule has 116 valence electrons. The van der Waals surface area contributed by atoms with E-state index >= 15 is 0 Å². The number of benzene rings is 2. The van der Waals surface area contributed by atoms with Crippen molar-refractivity contribution in [3.8, 4) is 11.5 Å². The van der Waals surface area contributed by atoms with Crippen molar-refractivity contribution in [3.63, 3.8) is 0 Å². The van der Waals surface area contributed by atoms with Gasteiger partial charge in [0.15, 0.2) is 0 Å². The van der Waals surface area contributed by atoms with Gasteiger partial charge in [0.25, 0.3) is 10.9 Å². The molecule has 0 radical (unpaired) electrons. The molecule has 1 aromatic heterocycles. The summed E-state index contributed by atoms with van der Waals surface area (Å²) in [5.74, 6) is 0.882. The average Bonchev–Trinajstić information content (AvgIpc) is 3.02. The second-order valence-electron chi connectivity index (χ2n) is 4.60. The second kappa shape index (κ2) is 6.80. The number of nitrogens with zero attached hydrogens (tertiary/aromatic N) is 3. The minimum Gasteiger partial charge on any atom is -0.411 e. The van der Waals surface area contributed by atoms with Gasteiger partial charge in [-0.3, -0.25) is 10.1 Å². The summed E-state index contributed by atoms with van der Waals surface area (Å²) in [6.45, 7) is 0. The minimum absolute atomic E-state index is 0.0632. The van der Waals surface area contributed by atoms with Crippen molar-refractivity contribution >= 4 is 29.1 Å². The van der Waals surface area contributed by atoms with Crippen LogP contribution in [0.15, 0.2) is 58.2 Å². The van der Waals surface area contributed by atoms with Crippen LogP contribution >= 0.6 is 23.4 Å². The van der Waals surface area contributed by atoms with Gasteiger partial charge in [-0.2, -0.15) is 0 Å². The normalized spacial score (nSPS) is 10.7. The van der Waals surface area contributed by atoms with Gasteiger partial charge in [-0.25, -0.2) is 0 Å². The monoisotopic (exact) mass is 347 g/mol. The number of thioether (sulfide) groups is 1. The molecule has 0 amide bonds. The maximum atomic E-state index is 10.8. The molecule has 0 bridgehead atoms. The van der Waals surface area contributed by atoms with Gasteiger partial charge < -0.3 is 4.42 Å². The topological polar surface area (TPSA) is 82.1 Å².